The molecular weight excluding hydrogens is 741 g/mol. The molecule has 8 aromatic carbocycles. The fourth-order valence-electron chi connectivity index (χ4n) is 10.1. The number of anilines is 9. The van der Waals surface area contributed by atoms with Gasteiger partial charge in [0.15, 0.2) is 0 Å². The predicted molar refractivity (Wildman–Crippen MR) is 252 cm³/mol. The molecule has 0 N–H and O–H groups in total. The lowest BCUT2D eigenvalue weighted by atomic mass is 9.62. The number of hydrogen-bond donors (Lipinski definition) is 0. The van der Waals surface area contributed by atoms with Crippen LogP contribution in [0.2, 0.25) is 0 Å². The first kappa shape index (κ1) is 36.4. The van der Waals surface area contributed by atoms with Crippen LogP contribution in [0.15, 0.2) is 231 Å². The molecule has 0 atom stereocenters. The fraction of sp³-hybridized carbons (Fsp3) is 0.0702. The molecule has 0 aliphatic carbocycles. The highest BCUT2D eigenvalue weighted by Gasteiger charge is 2.46. The molecule has 0 fully saturated rings. The van der Waals surface area contributed by atoms with E-state index in [9.17, 15) is 0 Å². The molecule has 11 rings (SSSR count). The molecule has 4 heteroatoms. The highest BCUT2D eigenvalue weighted by Crippen LogP contribution is 2.58. The van der Waals surface area contributed by atoms with E-state index in [0.29, 0.717) is 0 Å². The van der Waals surface area contributed by atoms with Gasteiger partial charge in [0.05, 0.1) is 34.4 Å². The Kier molecular flexibility index (Phi) is 8.68. The van der Waals surface area contributed by atoms with Crippen molar-refractivity contribution in [1.82, 2.24) is 4.98 Å². The van der Waals surface area contributed by atoms with Crippen LogP contribution in [-0.2, 0) is 10.8 Å². The lowest BCUT2D eigenvalue weighted by Gasteiger charge is -2.46. The summed E-state index contributed by atoms with van der Waals surface area (Å²) in [5.74, 6) is 0. The quantitative estimate of drug-likeness (QED) is 0.161. The maximum atomic E-state index is 4.80. The van der Waals surface area contributed by atoms with Crippen LogP contribution in [0.4, 0.5) is 51.2 Å². The van der Waals surface area contributed by atoms with Gasteiger partial charge in [-0.25, -0.2) is 0 Å². The number of aromatic nitrogens is 1. The molecule has 2 aliphatic heterocycles. The molecular formula is C57H44N4. The van der Waals surface area contributed by atoms with E-state index in [1.165, 1.54) is 44.8 Å². The van der Waals surface area contributed by atoms with Crippen molar-refractivity contribution in [3.63, 3.8) is 0 Å². The van der Waals surface area contributed by atoms with Crippen LogP contribution in [0, 0.1) is 0 Å². The molecule has 0 amide bonds. The summed E-state index contributed by atoms with van der Waals surface area (Å²) in [5, 5.41) is 0. The van der Waals surface area contributed by atoms with Gasteiger partial charge in [0.25, 0.3) is 0 Å². The molecule has 0 saturated heterocycles. The van der Waals surface area contributed by atoms with Crippen molar-refractivity contribution in [1.29, 1.82) is 0 Å². The standard InChI is InChI=1S/C57H44N4/c1-56(2)48-30-15-17-32-52(48)60(54-35-34-47(39-51(54)56)59(43-24-11-5-12-25-43)44-26-13-6-14-27-44)45-28-19-29-46(38-45)61-53-33-18-16-31-49(53)57(41-20-7-3-8-21-41,42-22-9-4-10-23-42)50-36-37-58-40-55(50)61/h3-40H,1-2H3. The van der Waals surface area contributed by atoms with Gasteiger partial charge in [-0.05, 0) is 112 Å². The van der Waals surface area contributed by atoms with Crippen LogP contribution in [-0.4, -0.2) is 4.98 Å². The van der Waals surface area contributed by atoms with Crippen molar-refractivity contribution in [3.05, 3.63) is 264 Å². The zero-order valence-electron chi connectivity index (χ0n) is 34.2. The van der Waals surface area contributed by atoms with Crippen LogP contribution >= 0.6 is 0 Å². The Morgan fingerprint density at radius 1 is 0.377 bits per heavy atom. The Morgan fingerprint density at radius 3 is 1.46 bits per heavy atom. The van der Waals surface area contributed by atoms with Crippen LogP contribution in [0.1, 0.15) is 47.2 Å². The van der Waals surface area contributed by atoms with Crippen molar-refractivity contribution in [2.45, 2.75) is 24.7 Å². The number of rotatable bonds is 7. The van der Waals surface area contributed by atoms with Crippen molar-refractivity contribution < 1.29 is 0 Å². The van der Waals surface area contributed by atoms with Gasteiger partial charge >= 0.3 is 0 Å². The highest BCUT2D eigenvalue weighted by molar-refractivity contribution is 5.93. The van der Waals surface area contributed by atoms with E-state index in [0.717, 1.165) is 39.8 Å². The molecule has 9 aromatic rings. The maximum absolute atomic E-state index is 4.80. The second kappa shape index (κ2) is 14.5. The molecule has 0 saturated carbocycles. The Balaban J connectivity index is 1.10. The zero-order valence-corrected chi connectivity index (χ0v) is 34.2. The van der Waals surface area contributed by atoms with Crippen LogP contribution < -0.4 is 14.7 Å². The van der Waals surface area contributed by atoms with E-state index in [2.05, 4.69) is 247 Å². The van der Waals surface area contributed by atoms with Crippen molar-refractivity contribution in [3.8, 4) is 0 Å². The first-order valence-corrected chi connectivity index (χ1v) is 21.0. The summed E-state index contributed by atoms with van der Waals surface area (Å²) in [5.41, 5.74) is 16.6. The first-order valence-electron chi connectivity index (χ1n) is 21.0. The molecule has 61 heavy (non-hydrogen) atoms. The third kappa shape index (κ3) is 5.71. The largest absolute Gasteiger partial charge is 0.310 e. The SMILES string of the molecule is CC1(C)c2ccccc2N(c2cccc(N3c4ccccc4C(c4ccccc4)(c4ccccc4)c4ccncc43)c2)c2ccc(N(c3ccccc3)c3ccccc3)cc21. The third-order valence-corrected chi connectivity index (χ3v) is 12.8. The minimum Gasteiger partial charge on any atom is -0.310 e. The van der Waals surface area contributed by atoms with Gasteiger partial charge in [0.1, 0.15) is 0 Å². The van der Waals surface area contributed by atoms with Crippen LogP contribution in [0.5, 0.6) is 0 Å². The normalized spacial score (nSPS) is 14.3. The molecule has 292 valence electrons. The van der Waals surface area contributed by atoms with Crippen molar-refractivity contribution >= 4 is 51.2 Å². The smallest absolute Gasteiger partial charge is 0.0743 e. The summed E-state index contributed by atoms with van der Waals surface area (Å²) in [6, 6.07) is 79.2. The Bertz CT molecular complexity index is 2890. The van der Waals surface area contributed by atoms with Crippen molar-refractivity contribution in [2.24, 2.45) is 0 Å². The van der Waals surface area contributed by atoms with Crippen molar-refractivity contribution in [2.75, 3.05) is 14.7 Å². The summed E-state index contributed by atoms with van der Waals surface area (Å²) in [4.78, 5) is 12.0. The maximum Gasteiger partial charge on any atom is 0.0743 e. The van der Waals surface area contributed by atoms with E-state index in [4.69, 9.17) is 4.98 Å². The topological polar surface area (TPSA) is 22.6 Å². The summed E-state index contributed by atoms with van der Waals surface area (Å²) < 4.78 is 0. The Morgan fingerprint density at radius 2 is 0.852 bits per heavy atom. The number of benzene rings is 8. The third-order valence-electron chi connectivity index (χ3n) is 12.8. The molecule has 4 nitrogen and oxygen atoms in total. The second-order valence-electron chi connectivity index (χ2n) is 16.4. The molecule has 0 unspecified atom stereocenters. The molecule has 1 aromatic heterocycles. The van der Waals surface area contributed by atoms with Gasteiger partial charge in [-0.3, -0.25) is 4.98 Å². The lowest BCUT2D eigenvalue weighted by Crippen LogP contribution is -2.37. The Labute approximate surface area is 358 Å². The van der Waals surface area contributed by atoms with Crippen LogP contribution in [0.3, 0.4) is 0 Å². The predicted octanol–water partition coefficient (Wildman–Crippen LogP) is 14.8. The van der Waals surface area contributed by atoms with Crippen LogP contribution in [0.25, 0.3) is 0 Å². The van der Waals surface area contributed by atoms with Gasteiger partial charge in [0, 0.05) is 40.0 Å². The lowest BCUT2D eigenvalue weighted by molar-refractivity contribution is 0.632. The van der Waals surface area contributed by atoms with E-state index in [1.54, 1.807) is 0 Å². The number of pyridine rings is 1. The average Bonchev–Trinajstić information content (AvgIpc) is 3.32. The molecule has 0 spiro atoms. The van der Waals surface area contributed by atoms with Gasteiger partial charge < -0.3 is 14.7 Å². The van der Waals surface area contributed by atoms with Gasteiger partial charge in [-0.15, -0.1) is 0 Å². The molecule has 3 heterocycles. The monoisotopic (exact) mass is 784 g/mol. The molecule has 0 bridgehead atoms. The highest BCUT2D eigenvalue weighted by atomic mass is 15.2. The van der Waals surface area contributed by atoms with Gasteiger partial charge in [-0.1, -0.05) is 153 Å². The Hall–Kier alpha value is -7.69. The molecule has 0 radical (unpaired) electrons. The number of fused-ring (bicyclic) bond motifs is 4. The minimum absolute atomic E-state index is 0.274. The van der Waals surface area contributed by atoms with E-state index < -0.39 is 5.41 Å². The van der Waals surface area contributed by atoms with Gasteiger partial charge in [0.2, 0.25) is 0 Å². The number of nitrogens with zero attached hydrogens (tertiary/aromatic N) is 4. The summed E-state index contributed by atoms with van der Waals surface area (Å²) >= 11 is 0. The van der Waals surface area contributed by atoms with Gasteiger partial charge in [-0.2, -0.15) is 0 Å². The summed E-state index contributed by atoms with van der Waals surface area (Å²) in [6.45, 7) is 4.72. The van der Waals surface area contributed by atoms with E-state index in [1.807, 2.05) is 12.4 Å². The average molecular weight is 785 g/mol. The summed E-state index contributed by atoms with van der Waals surface area (Å²) in [7, 11) is 0. The van der Waals surface area contributed by atoms with E-state index in [-0.39, 0.29) is 5.41 Å². The fourth-order valence-corrected chi connectivity index (χ4v) is 10.1. The second-order valence-corrected chi connectivity index (χ2v) is 16.4. The zero-order chi connectivity index (χ0) is 41.0. The minimum atomic E-state index is -0.563. The summed E-state index contributed by atoms with van der Waals surface area (Å²) in [6.07, 6.45) is 3.98. The first-order chi connectivity index (χ1) is 30.0. The molecule has 2 aliphatic rings. The number of hydrogen-bond acceptors (Lipinski definition) is 4. The number of para-hydroxylation sites is 4. The van der Waals surface area contributed by atoms with E-state index >= 15 is 0 Å².